The van der Waals surface area contributed by atoms with Crippen LogP contribution in [0.15, 0.2) is 44.3 Å². The number of piperidine rings is 1. The van der Waals surface area contributed by atoms with Crippen LogP contribution in [0.3, 0.4) is 0 Å². The molecule has 0 N–H and O–H groups in total. The molecule has 2 aromatic heterocycles. The number of aromatic nitrogens is 1. The highest BCUT2D eigenvalue weighted by Crippen LogP contribution is 2.36. The van der Waals surface area contributed by atoms with E-state index in [9.17, 15) is 14.4 Å². The predicted octanol–water partition coefficient (Wildman–Crippen LogP) is 2.78. The molecule has 170 valence electrons. The summed E-state index contributed by atoms with van der Waals surface area (Å²) in [6.07, 6.45) is 3.64. The van der Waals surface area contributed by atoms with E-state index in [2.05, 4.69) is 0 Å². The Balaban J connectivity index is 1.20. The standard InChI is InChI=1S/C26H26N2O5/c1-15-22(9-8-19-18-4-2-5-20(18)26(31)33-25(15)19)32-14-24(30)27-11-16-10-17(13-27)21-6-3-7-23(29)28(21)12-16/h3,6-9,16-17H,2,4-5,10-14H2,1H3/t16-,17+/m1/s1. The highest BCUT2D eigenvalue weighted by Gasteiger charge is 2.36. The summed E-state index contributed by atoms with van der Waals surface area (Å²) >= 11 is 0. The molecule has 3 aromatic rings. The third kappa shape index (κ3) is 3.29. The average Bonchev–Trinajstić information content (AvgIpc) is 3.31. The smallest absolute Gasteiger partial charge is 0.339 e. The number of likely N-dealkylation sites (tertiary alicyclic amines) is 1. The fraction of sp³-hybridized carbons (Fsp3) is 0.423. The van der Waals surface area contributed by atoms with Crippen LogP contribution in [-0.4, -0.2) is 35.1 Å². The SMILES string of the molecule is Cc1c(OCC(=O)N2C[C@H]3C[C@@H](C2)c2cccc(=O)n2C3)ccc2c3c(c(=O)oc12)CCC3. The van der Waals surface area contributed by atoms with Gasteiger partial charge in [-0.15, -0.1) is 0 Å². The van der Waals surface area contributed by atoms with Crippen LogP contribution in [0.1, 0.15) is 41.1 Å². The van der Waals surface area contributed by atoms with Gasteiger partial charge in [0, 0.05) is 53.8 Å². The van der Waals surface area contributed by atoms with Crippen molar-refractivity contribution in [3.8, 4) is 5.75 Å². The van der Waals surface area contributed by atoms with E-state index in [4.69, 9.17) is 9.15 Å². The summed E-state index contributed by atoms with van der Waals surface area (Å²) in [5.41, 5.74) is 3.98. The van der Waals surface area contributed by atoms with Crippen molar-refractivity contribution in [1.29, 1.82) is 0 Å². The first-order chi connectivity index (χ1) is 16.0. The Labute approximate surface area is 190 Å². The molecule has 1 aliphatic carbocycles. The first-order valence-corrected chi connectivity index (χ1v) is 11.7. The summed E-state index contributed by atoms with van der Waals surface area (Å²) in [4.78, 5) is 39.5. The van der Waals surface area contributed by atoms with Crippen molar-refractivity contribution < 1.29 is 13.9 Å². The molecule has 1 saturated heterocycles. The predicted molar refractivity (Wildman–Crippen MR) is 123 cm³/mol. The minimum Gasteiger partial charge on any atom is -0.483 e. The van der Waals surface area contributed by atoms with E-state index in [1.807, 2.05) is 34.6 Å². The molecule has 6 rings (SSSR count). The summed E-state index contributed by atoms with van der Waals surface area (Å²) in [5.74, 6) is 0.950. The lowest BCUT2D eigenvalue weighted by Crippen LogP contribution is -2.50. The number of rotatable bonds is 3. The normalized spacial score (nSPS) is 21.1. The lowest BCUT2D eigenvalue weighted by atomic mass is 9.83. The minimum atomic E-state index is -0.259. The van der Waals surface area contributed by atoms with Gasteiger partial charge in [-0.2, -0.15) is 0 Å². The van der Waals surface area contributed by atoms with Crippen molar-refractivity contribution in [1.82, 2.24) is 9.47 Å². The van der Waals surface area contributed by atoms with Gasteiger partial charge in [0.2, 0.25) is 0 Å². The zero-order valence-corrected chi connectivity index (χ0v) is 18.6. The van der Waals surface area contributed by atoms with Gasteiger partial charge in [0.1, 0.15) is 11.3 Å². The van der Waals surface area contributed by atoms with Crippen LogP contribution >= 0.6 is 0 Å². The van der Waals surface area contributed by atoms with Crippen molar-refractivity contribution >= 4 is 16.9 Å². The van der Waals surface area contributed by atoms with Crippen LogP contribution in [0.5, 0.6) is 5.75 Å². The number of hydrogen-bond acceptors (Lipinski definition) is 5. The number of hydrogen-bond donors (Lipinski definition) is 0. The molecular weight excluding hydrogens is 420 g/mol. The van der Waals surface area contributed by atoms with Crippen LogP contribution in [0, 0.1) is 12.8 Å². The van der Waals surface area contributed by atoms with Gasteiger partial charge in [-0.25, -0.2) is 4.79 Å². The Kier molecular flexibility index (Phi) is 4.67. The van der Waals surface area contributed by atoms with Crippen LogP contribution < -0.4 is 15.9 Å². The molecule has 2 atom stereocenters. The molecule has 0 saturated carbocycles. The second-order valence-corrected chi connectivity index (χ2v) is 9.55. The molecular formula is C26H26N2O5. The third-order valence-corrected chi connectivity index (χ3v) is 7.52. The zero-order valence-electron chi connectivity index (χ0n) is 18.6. The number of amides is 1. The van der Waals surface area contributed by atoms with Gasteiger partial charge in [0.05, 0.1) is 0 Å². The van der Waals surface area contributed by atoms with Crippen molar-refractivity contribution in [2.24, 2.45) is 5.92 Å². The van der Waals surface area contributed by atoms with Crippen LogP contribution in [0.4, 0.5) is 0 Å². The van der Waals surface area contributed by atoms with Gasteiger partial charge in [-0.05, 0) is 62.3 Å². The Bertz CT molecular complexity index is 1400. The Morgan fingerprint density at radius 3 is 2.82 bits per heavy atom. The van der Waals surface area contributed by atoms with Crippen LogP contribution in [0.25, 0.3) is 11.0 Å². The second-order valence-electron chi connectivity index (χ2n) is 9.55. The molecule has 1 aromatic carbocycles. The molecule has 3 aliphatic rings. The first kappa shape index (κ1) is 20.3. The number of pyridine rings is 1. The molecule has 33 heavy (non-hydrogen) atoms. The second kappa shape index (κ2) is 7.61. The van der Waals surface area contributed by atoms with Gasteiger partial charge < -0.3 is 18.6 Å². The maximum atomic E-state index is 13.0. The summed E-state index contributed by atoms with van der Waals surface area (Å²) < 4.78 is 13.4. The molecule has 2 aliphatic heterocycles. The number of carbonyl (C=O) groups is 1. The fourth-order valence-corrected chi connectivity index (χ4v) is 5.95. The van der Waals surface area contributed by atoms with E-state index in [-0.39, 0.29) is 35.5 Å². The monoisotopic (exact) mass is 446 g/mol. The minimum absolute atomic E-state index is 0.0365. The molecule has 2 bridgehead atoms. The summed E-state index contributed by atoms with van der Waals surface area (Å²) in [6.45, 7) is 3.69. The fourth-order valence-electron chi connectivity index (χ4n) is 5.95. The molecule has 1 fully saturated rings. The molecule has 0 radical (unpaired) electrons. The molecule has 0 unspecified atom stereocenters. The van der Waals surface area contributed by atoms with Crippen molar-refractivity contribution in [3.63, 3.8) is 0 Å². The van der Waals surface area contributed by atoms with Crippen molar-refractivity contribution in [3.05, 3.63) is 73.5 Å². The van der Waals surface area contributed by atoms with Gasteiger partial charge in [-0.3, -0.25) is 9.59 Å². The number of ether oxygens (including phenoxy) is 1. The van der Waals surface area contributed by atoms with Crippen LogP contribution in [-0.2, 0) is 24.2 Å². The van der Waals surface area contributed by atoms with Gasteiger partial charge in [0.25, 0.3) is 11.5 Å². The molecule has 7 heteroatoms. The average molecular weight is 447 g/mol. The Hall–Kier alpha value is -3.35. The maximum absolute atomic E-state index is 13.0. The molecule has 1 amide bonds. The van der Waals surface area contributed by atoms with E-state index in [0.717, 1.165) is 53.5 Å². The van der Waals surface area contributed by atoms with Gasteiger partial charge >= 0.3 is 5.63 Å². The van der Waals surface area contributed by atoms with E-state index in [0.29, 0.717) is 31.0 Å². The van der Waals surface area contributed by atoms with E-state index < -0.39 is 0 Å². The van der Waals surface area contributed by atoms with Gasteiger partial charge in [-0.1, -0.05) is 6.07 Å². The topological polar surface area (TPSA) is 81.8 Å². The van der Waals surface area contributed by atoms with E-state index in [1.165, 1.54) is 0 Å². The number of benzene rings is 1. The number of nitrogens with zero attached hydrogens (tertiary/aromatic N) is 2. The quantitative estimate of drug-likeness (QED) is 0.578. The summed E-state index contributed by atoms with van der Waals surface area (Å²) in [7, 11) is 0. The highest BCUT2D eigenvalue weighted by atomic mass is 16.5. The maximum Gasteiger partial charge on any atom is 0.339 e. The largest absolute Gasteiger partial charge is 0.483 e. The molecule has 0 spiro atoms. The number of carbonyl (C=O) groups excluding carboxylic acids is 1. The summed E-state index contributed by atoms with van der Waals surface area (Å²) in [6, 6.07) is 9.21. The Morgan fingerprint density at radius 1 is 1.09 bits per heavy atom. The summed E-state index contributed by atoms with van der Waals surface area (Å²) in [5, 5.41) is 0.969. The zero-order chi connectivity index (χ0) is 22.7. The lowest BCUT2D eigenvalue weighted by Gasteiger charge is -2.42. The van der Waals surface area contributed by atoms with Crippen LogP contribution in [0.2, 0.25) is 0 Å². The van der Waals surface area contributed by atoms with Crippen molar-refractivity contribution in [2.45, 2.75) is 45.1 Å². The highest BCUT2D eigenvalue weighted by molar-refractivity contribution is 5.86. The number of fused-ring (bicyclic) bond motifs is 7. The lowest BCUT2D eigenvalue weighted by molar-refractivity contribution is -0.136. The van der Waals surface area contributed by atoms with Crippen molar-refractivity contribution in [2.75, 3.05) is 19.7 Å². The Morgan fingerprint density at radius 2 is 1.94 bits per heavy atom. The van der Waals surface area contributed by atoms with Gasteiger partial charge in [0.15, 0.2) is 6.61 Å². The first-order valence-electron chi connectivity index (χ1n) is 11.7. The third-order valence-electron chi connectivity index (χ3n) is 7.52. The molecule has 4 heterocycles. The molecule has 7 nitrogen and oxygen atoms in total. The number of aryl methyl sites for hydroxylation is 2. The van der Waals surface area contributed by atoms with E-state index >= 15 is 0 Å². The van der Waals surface area contributed by atoms with E-state index in [1.54, 1.807) is 12.1 Å².